The quantitative estimate of drug-likeness (QED) is 0.828. The molecule has 0 radical (unpaired) electrons. The minimum absolute atomic E-state index is 0.0543. The highest BCUT2D eigenvalue weighted by Gasteiger charge is 2.26. The van der Waals surface area contributed by atoms with Crippen LogP contribution in [0.25, 0.3) is 0 Å². The largest absolute Gasteiger partial charge is 0.368 e. The van der Waals surface area contributed by atoms with Gasteiger partial charge in [0.15, 0.2) is 0 Å². The Hall–Kier alpha value is -2.24. The lowest BCUT2D eigenvalue weighted by molar-refractivity contribution is -0.116. The molecule has 27 heavy (non-hydrogen) atoms. The first-order chi connectivity index (χ1) is 13.0. The van der Waals surface area contributed by atoms with Crippen LogP contribution in [-0.2, 0) is 11.2 Å². The highest BCUT2D eigenvalue weighted by Crippen LogP contribution is 2.32. The zero-order chi connectivity index (χ0) is 19.0. The topological polar surface area (TPSA) is 52.7 Å². The van der Waals surface area contributed by atoms with Gasteiger partial charge in [-0.05, 0) is 42.3 Å². The summed E-state index contributed by atoms with van der Waals surface area (Å²) < 4.78 is 0. The fourth-order valence-electron chi connectivity index (χ4n) is 3.71. The molecule has 0 unspecified atom stereocenters. The molecule has 5 nitrogen and oxygen atoms in total. The molecule has 4 rings (SSSR count). The molecule has 0 spiro atoms. The first-order valence-corrected chi connectivity index (χ1v) is 9.69. The fraction of sp³-hybridized carbons (Fsp3) is 0.300. The van der Waals surface area contributed by atoms with Gasteiger partial charge in [-0.3, -0.25) is 9.59 Å². The van der Waals surface area contributed by atoms with E-state index >= 15 is 0 Å². The van der Waals surface area contributed by atoms with Gasteiger partial charge in [-0.15, -0.1) is 0 Å². The third-order valence-corrected chi connectivity index (χ3v) is 5.48. The summed E-state index contributed by atoms with van der Waals surface area (Å²) in [6, 6.07) is 10.9. The summed E-state index contributed by atoms with van der Waals surface area (Å²) in [5.74, 6) is 0.0108. The smallest absolute Gasteiger partial charge is 0.254 e. The molecule has 0 atom stereocenters. The number of hydrogen-bond acceptors (Lipinski definition) is 3. The Labute approximate surface area is 167 Å². The second-order valence-electron chi connectivity index (χ2n) is 6.79. The van der Waals surface area contributed by atoms with Crippen LogP contribution < -0.4 is 10.2 Å². The van der Waals surface area contributed by atoms with Crippen molar-refractivity contribution in [3.05, 3.63) is 57.6 Å². The average Bonchev–Trinajstić information content (AvgIpc) is 2.66. The second kappa shape index (κ2) is 7.41. The molecule has 2 aromatic carbocycles. The Balaban J connectivity index is 1.47. The lowest BCUT2D eigenvalue weighted by Crippen LogP contribution is -2.49. The SMILES string of the molecule is O=C1CCc2c(cccc2N2CCN(C(=O)c3cc(Cl)cc(Cl)c3)CC2)N1. The predicted molar refractivity (Wildman–Crippen MR) is 108 cm³/mol. The summed E-state index contributed by atoms with van der Waals surface area (Å²) in [6.45, 7) is 2.73. The van der Waals surface area contributed by atoms with E-state index in [1.807, 2.05) is 17.0 Å². The van der Waals surface area contributed by atoms with Gasteiger partial charge in [0.2, 0.25) is 5.91 Å². The van der Waals surface area contributed by atoms with Gasteiger partial charge in [-0.2, -0.15) is 0 Å². The van der Waals surface area contributed by atoms with E-state index in [4.69, 9.17) is 23.2 Å². The molecule has 7 heteroatoms. The number of rotatable bonds is 2. The molecule has 2 aliphatic heterocycles. The van der Waals surface area contributed by atoms with Crippen molar-refractivity contribution in [2.75, 3.05) is 36.4 Å². The molecular weight excluding hydrogens is 385 g/mol. The van der Waals surface area contributed by atoms with Gasteiger partial charge >= 0.3 is 0 Å². The number of nitrogens with zero attached hydrogens (tertiary/aromatic N) is 2. The standard InChI is InChI=1S/C20H19Cl2N3O2/c21-14-10-13(11-15(22)12-14)20(27)25-8-6-24(7-9-25)18-3-1-2-17-16(18)4-5-19(26)23-17/h1-3,10-12H,4-9H2,(H,23,26). The maximum atomic E-state index is 12.8. The number of piperazine rings is 1. The highest BCUT2D eigenvalue weighted by atomic mass is 35.5. The van der Waals surface area contributed by atoms with Crippen molar-refractivity contribution in [3.8, 4) is 0 Å². The van der Waals surface area contributed by atoms with E-state index in [2.05, 4.69) is 16.3 Å². The lowest BCUT2D eigenvalue weighted by Gasteiger charge is -2.38. The van der Waals surface area contributed by atoms with Crippen molar-refractivity contribution >= 4 is 46.4 Å². The molecule has 0 aliphatic carbocycles. The molecule has 0 aromatic heterocycles. The van der Waals surface area contributed by atoms with Gasteiger partial charge in [0.25, 0.3) is 5.91 Å². The molecule has 1 saturated heterocycles. The van der Waals surface area contributed by atoms with Crippen molar-refractivity contribution in [1.82, 2.24) is 4.90 Å². The maximum Gasteiger partial charge on any atom is 0.254 e. The van der Waals surface area contributed by atoms with Crippen LogP contribution in [0.2, 0.25) is 10.0 Å². The van der Waals surface area contributed by atoms with E-state index in [9.17, 15) is 9.59 Å². The number of fused-ring (bicyclic) bond motifs is 1. The Kier molecular flexibility index (Phi) is 4.98. The minimum Gasteiger partial charge on any atom is -0.368 e. The molecular formula is C20H19Cl2N3O2. The van der Waals surface area contributed by atoms with E-state index in [1.54, 1.807) is 18.2 Å². The maximum absolute atomic E-state index is 12.8. The Bertz CT molecular complexity index is 888. The molecule has 1 fully saturated rings. The van der Waals surface area contributed by atoms with Crippen molar-refractivity contribution in [2.45, 2.75) is 12.8 Å². The Morgan fingerprint density at radius 1 is 0.963 bits per heavy atom. The van der Waals surface area contributed by atoms with E-state index in [0.29, 0.717) is 35.1 Å². The van der Waals surface area contributed by atoms with Crippen molar-refractivity contribution in [1.29, 1.82) is 0 Å². The summed E-state index contributed by atoms with van der Waals surface area (Å²) >= 11 is 12.0. The third kappa shape index (κ3) is 3.75. The number of nitrogens with one attached hydrogen (secondary N) is 1. The summed E-state index contributed by atoms with van der Waals surface area (Å²) in [4.78, 5) is 28.5. The number of carbonyl (C=O) groups is 2. The molecule has 2 aromatic rings. The number of benzene rings is 2. The first kappa shape index (κ1) is 18.1. The minimum atomic E-state index is -0.0543. The molecule has 2 amide bonds. The van der Waals surface area contributed by atoms with E-state index < -0.39 is 0 Å². The predicted octanol–water partition coefficient (Wildman–Crippen LogP) is 3.84. The number of halogens is 2. The first-order valence-electron chi connectivity index (χ1n) is 8.93. The van der Waals surface area contributed by atoms with Crippen LogP contribution in [0.15, 0.2) is 36.4 Å². The molecule has 1 N–H and O–H groups in total. The molecule has 0 saturated carbocycles. The molecule has 2 heterocycles. The van der Waals surface area contributed by atoms with Crippen LogP contribution in [0.3, 0.4) is 0 Å². The number of anilines is 2. The molecule has 140 valence electrons. The summed E-state index contributed by atoms with van der Waals surface area (Å²) in [6.07, 6.45) is 1.26. The van der Waals surface area contributed by atoms with E-state index in [1.165, 1.54) is 5.56 Å². The van der Waals surface area contributed by atoms with Crippen LogP contribution in [0.4, 0.5) is 11.4 Å². The van der Waals surface area contributed by atoms with Crippen LogP contribution in [0, 0.1) is 0 Å². The van der Waals surface area contributed by atoms with Crippen molar-refractivity contribution in [2.24, 2.45) is 0 Å². The van der Waals surface area contributed by atoms with Gasteiger partial charge in [0.05, 0.1) is 0 Å². The van der Waals surface area contributed by atoms with Gasteiger partial charge < -0.3 is 15.1 Å². The number of amides is 2. The zero-order valence-corrected chi connectivity index (χ0v) is 16.2. The van der Waals surface area contributed by atoms with Crippen LogP contribution in [0.5, 0.6) is 0 Å². The van der Waals surface area contributed by atoms with Crippen molar-refractivity contribution in [3.63, 3.8) is 0 Å². The lowest BCUT2D eigenvalue weighted by atomic mass is 10.00. The second-order valence-corrected chi connectivity index (χ2v) is 7.66. The fourth-order valence-corrected chi connectivity index (χ4v) is 4.24. The number of hydrogen-bond donors (Lipinski definition) is 1. The van der Waals surface area contributed by atoms with Crippen LogP contribution in [-0.4, -0.2) is 42.9 Å². The summed E-state index contributed by atoms with van der Waals surface area (Å²) in [5.41, 5.74) is 3.74. The van der Waals surface area contributed by atoms with Gasteiger partial charge in [-0.1, -0.05) is 29.3 Å². The molecule has 0 bridgehead atoms. The summed E-state index contributed by atoms with van der Waals surface area (Å²) in [7, 11) is 0. The normalized spacial score (nSPS) is 16.7. The van der Waals surface area contributed by atoms with E-state index in [-0.39, 0.29) is 11.8 Å². The zero-order valence-electron chi connectivity index (χ0n) is 14.7. The summed E-state index contributed by atoms with van der Waals surface area (Å²) in [5, 5.41) is 3.86. The monoisotopic (exact) mass is 403 g/mol. The van der Waals surface area contributed by atoms with Gasteiger partial charge in [-0.25, -0.2) is 0 Å². The molecule has 2 aliphatic rings. The van der Waals surface area contributed by atoms with Crippen LogP contribution >= 0.6 is 23.2 Å². The Morgan fingerprint density at radius 2 is 1.67 bits per heavy atom. The average molecular weight is 404 g/mol. The van der Waals surface area contributed by atoms with E-state index in [0.717, 1.165) is 30.9 Å². The van der Waals surface area contributed by atoms with Crippen LogP contribution in [0.1, 0.15) is 22.3 Å². The third-order valence-electron chi connectivity index (χ3n) is 5.04. The van der Waals surface area contributed by atoms with Gasteiger partial charge in [0, 0.05) is 59.6 Å². The van der Waals surface area contributed by atoms with Crippen molar-refractivity contribution < 1.29 is 9.59 Å². The van der Waals surface area contributed by atoms with Gasteiger partial charge in [0.1, 0.15) is 0 Å². The number of carbonyl (C=O) groups excluding carboxylic acids is 2. The Morgan fingerprint density at radius 3 is 2.37 bits per heavy atom. The highest BCUT2D eigenvalue weighted by molar-refractivity contribution is 6.35.